The zero-order valence-electron chi connectivity index (χ0n) is 21.2. The Morgan fingerprint density at radius 3 is 2.86 bits per heavy atom. The molecule has 1 fully saturated rings. The summed E-state index contributed by atoms with van der Waals surface area (Å²) in [6, 6.07) is 12.6. The Labute approximate surface area is 225 Å². The molecule has 1 N–H and O–H groups in total. The van der Waals surface area contributed by atoms with E-state index in [1.165, 1.54) is 54.5 Å². The van der Waals surface area contributed by atoms with E-state index in [1.807, 2.05) is 34.2 Å². The molecular formula is C27H32N6O2S2. The highest BCUT2D eigenvalue weighted by molar-refractivity contribution is 7.98. The number of aromatic nitrogens is 4. The van der Waals surface area contributed by atoms with Crippen molar-refractivity contribution in [2.75, 3.05) is 19.6 Å². The van der Waals surface area contributed by atoms with Crippen molar-refractivity contribution >= 4 is 29.0 Å². The van der Waals surface area contributed by atoms with Crippen LogP contribution in [-0.4, -0.2) is 56.2 Å². The van der Waals surface area contributed by atoms with Gasteiger partial charge in [0.1, 0.15) is 10.7 Å². The molecule has 4 aromatic rings. The van der Waals surface area contributed by atoms with E-state index in [0.29, 0.717) is 35.6 Å². The Hall–Kier alpha value is -2.95. The zero-order chi connectivity index (χ0) is 25.6. The maximum absolute atomic E-state index is 12.6. The van der Waals surface area contributed by atoms with Gasteiger partial charge in [-0.1, -0.05) is 35.9 Å². The van der Waals surface area contributed by atoms with E-state index in [4.69, 9.17) is 4.42 Å². The molecule has 3 aromatic heterocycles. The quantitative estimate of drug-likeness (QED) is 0.209. The highest BCUT2D eigenvalue weighted by atomic mass is 32.2. The van der Waals surface area contributed by atoms with Crippen LogP contribution in [0.2, 0.25) is 0 Å². The van der Waals surface area contributed by atoms with Crippen LogP contribution >= 0.6 is 23.1 Å². The number of thioether (sulfide) groups is 1. The summed E-state index contributed by atoms with van der Waals surface area (Å²) in [6.07, 6.45) is 6.47. The van der Waals surface area contributed by atoms with Gasteiger partial charge in [0.15, 0.2) is 10.9 Å². The second-order valence-corrected chi connectivity index (χ2v) is 11.2. The van der Waals surface area contributed by atoms with Crippen molar-refractivity contribution in [1.82, 2.24) is 30.0 Å². The monoisotopic (exact) mass is 536 g/mol. The summed E-state index contributed by atoms with van der Waals surface area (Å²) in [6.45, 7) is 7.22. The number of likely N-dealkylation sites (tertiary alicyclic amines) is 1. The normalized spacial score (nSPS) is 16.2. The number of rotatable bonds is 10. The molecule has 0 radical (unpaired) electrons. The van der Waals surface area contributed by atoms with Crippen molar-refractivity contribution < 1.29 is 9.21 Å². The first kappa shape index (κ1) is 25.7. The number of nitrogens with one attached hydrogen (secondary N) is 1. The van der Waals surface area contributed by atoms with Gasteiger partial charge in [0.2, 0.25) is 5.82 Å². The van der Waals surface area contributed by atoms with E-state index >= 15 is 0 Å². The molecule has 5 rings (SSSR count). The molecule has 1 aliphatic rings. The molecule has 8 nitrogen and oxygen atoms in total. The molecular weight excluding hydrogens is 504 g/mol. The summed E-state index contributed by atoms with van der Waals surface area (Å²) in [4.78, 5) is 19.7. The lowest BCUT2D eigenvalue weighted by Crippen LogP contribution is -2.39. The van der Waals surface area contributed by atoms with Gasteiger partial charge >= 0.3 is 0 Å². The molecule has 1 saturated heterocycles. The van der Waals surface area contributed by atoms with Crippen LogP contribution in [-0.2, 0) is 5.75 Å². The summed E-state index contributed by atoms with van der Waals surface area (Å²) in [5.41, 5.74) is 2.62. The molecule has 1 amide bonds. The third-order valence-electron chi connectivity index (χ3n) is 6.62. The summed E-state index contributed by atoms with van der Waals surface area (Å²) in [7, 11) is 0. The number of hydrogen-bond acceptors (Lipinski definition) is 8. The van der Waals surface area contributed by atoms with Gasteiger partial charge in [-0.05, 0) is 63.9 Å². The fourth-order valence-corrected chi connectivity index (χ4v) is 6.27. The van der Waals surface area contributed by atoms with Crippen LogP contribution in [0.3, 0.4) is 0 Å². The van der Waals surface area contributed by atoms with E-state index in [-0.39, 0.29) is 5.91 Å². The van der Waals surface area contributed by atoms with Gasteiger partial charge in [-0.25, -0.2) is 4.98 Å². The predicted molar refractivity (Wildman–Crippen MR) is 147 cm³/mol. The number of carbonyl (C=O) groups excluding carboxylic acids is 1. The lowest BCUT2D eigenvalue weighted by Gasteiger charge is -2.33. The molecule has 0 saturated carbocycles. The summed E-state index contributed by atoms with van der Waals surface area (Å²) in [5, 5.41) is 15.3. The number of thiazole rings is 1. The zero-order valence-corrected chi connectivity index (χ0v) is 22.9. The van der Waals surface area contributed by atoms with Crippen molar-refractivity contribution in [3.05, 3.63) is 64.3 Å². The minimum Gasteiger partial charge on any atom is -0.461 e. The third-order valence-corrected chi connectivity index (χ3v) is 8.60. The molecule has 1 aliphatic heterocycles. The average Bonchev–Trinajstić information content (AvgIpc) is 3.68. The molecule has 4 heterocycles. The Bertz CT molecular complexity index is 1300. The van der Waals surface area contributed by atoms with Crippen LogP contribution in [0.1, 0.15) is 53.7 Å². The van der Waals surface area contributed by atoms with Crippen molar-refractivity contribution in [2.45, 2.75) is 56.5 Å². The average molecular weight is 537 g/mol. The van der Waals surface area contributed by atoms with E-state index < -0.39 is 0 Å². The third kappa shape index (κ3) is 6.31. The topological polar surface area (TPSA) is 89.1 Å². The van der Waals surface area contributed by atoms with Gasteiger partial charge < -0.3 is 14.6 Å². The number of nitrogens with zero attached hydrogens (tertiary/aromatic N) is 5. The number of carbonyl (C=O) groups is 1. The number of furan rings is 1. The van der Waals surface area contributed by atoms with Crippen LogP contribution < -0.4 is 5.32 Å². The van der Waals surface area contributed by atoms with Crippen molar-refractivity contribution in [3.8, 4) is 17.3 Å². The van der Waals surface area contributed by atoms with Crippen LogP contribution in [0.15, 0.2) is 57.6 Å². The Balaban J connectivity index is 1.19. The van der Waals surface area contributed by atoms with Crippen molar-refractivity contribution in [3.63, 3.8) is 0 Å². The first-order valence-electron chi connectivity index (χ1n) is 12.7. The molecule has 0 bridgehead atoms. The number of piperidine rings is 1. The van der Waals surface area contributed by atoms with E-state index in [9.17, 15) is 4.79 Å². The lowest BCUT2D eigenvalue weighted by atomic mass is 10.0. The minimum absolute atomic E-state index is 0.109. The standard InChI is InChI=1S/C27H32N6O2S2/c1-19-9-11-21(12-10-19)33-25(23-8-5-16-35-23)30-31-27(33)37-18-24-29-22(17-36-24)26(34)28-13-6-15-32-14-4-3-7-20(32)2/h5,8-12,16-17,20H,3-4,6-7,13-15,18H2,1-2H3,(H,28,34). The van der Waals surface area contributed by atoms with Gasteiger partial charge in [0.05, 0.1) is 12.0 Å². The van der Waals surface area contributed by atoms with Gasteiger partial charge in [-0.2, -0.15) is 0 Å². The predicted octanol–water partition coefficient (Wildman–Crippen LogP) is 5.58. The maximum atomic E-state index is 12.6. The minimum atomic E-state index is -0.109. The van der Waals surface area contributed by atoms with E-state index in [1.54, 1.807) is 6.26 Å². The van der Waals surface area contributed by atoms with Gasteiger partial charge in [-0.15, -0.1) is 21.5 Å². The molecule has 194 valence electrons. The Morgan fingerprint density at radius 1 is 1.22 bits per heavy atom. The first-order chi connectivity index (χ1) is 18.1. The fourth-order valence-electron chi connectivity index (χ4n) is 4.53. The largest absolute Gasteiger partial charge is 0.461 e. The molecule has 37 heavy (non-hydrogen) atoms. The SMILES string of the molecule is Cc1ccc(-n2c(SCc3nc(C(=O)NCCCN4CCCCC4C)cs3)nnc2-c2ccco2)cc1. The number of amides is 1. The van der Waals surface area contributed by atoms with Crippen LogP contribution in [0.5, 0.6) is 0 Å². The summed E-state index contributed by atoms with van der Waals surface area (Å²) < 4.78 is 7.59. The number of aryl methyl sites for hydroxylation is 1. The van der Waals surface area contributed by atoms with E-state index in [2.05, 4.69) is 51.4 Å². The van der Waals surface area contributed by atoms with Gasteiger partial charge in [0.25, 0.3) is 5.91 Å². The highest BCUT2D eigenvalue weighted by Crippen LogP contribution is 2.30. The number of hydrogen-bond donors (Lipinski definition) is 1. The first-order valence-corrected chi connectivity index (χ1v) is 14.6. The molecule has 1 unspecified atom stereocenters. The Kier molecular flexibility index (Phi) is 8.38. The Morgan fingerprint density at radius 2 is 2.08 bits per heavy atom. The molecule has 0 aliphatic carbocycles. The van der Waals surface area contributed by atoms with Crippen molar-refractivity contribution in [1.29, 1.82) is 0 Å². The summed E-state index contributed by atoms with van der Waals surface area (Å²) in [5.74, 6) is 1.78. The molecule has 1 atom stereocenters. The van der Waals surface area contributed by atoms with Gasteiger partial charge in [-0.3, -0.25) is 9.36 Å². The number of benzene rings is 1. The lowest BCUT2D eigenvalue weighted by molar-refractivity contribution is 0.0944. The highest BCUT2D eigenvalue weighted by Gasteiger charge is 2.20. The maximum Gasteiger partial charge on any atom is 0.270 e. The van der Waals surface area contributed by atoms with Crippen LogP contribution in [0.4, 0.5) is 0 Å². The van der Waals surface area contributed by atoms with Crippen LogP contribution in [0, 0.1) is 6.92 Å². The van der Waals surface area contributed by atoms with Crippen LogP contribution in [0.25, 0.3) is 17.3 Å². The smallest absolute Gasteiger partial charge is 0.270 e. The molecule has 10 heteroatoms. The second-order valence-electron chi connectivity index (χ2n) is 9.36. The summed E-state index contributed by atoms with van der Waals surface area (Å²) >= 11 is 3.03. The molecule has 0 spiro atoms. The van der Waals surface area contributed by atoms with Gasteiger partial charge in [0, 0.05) is 30.2 Å². The fraction of sp³-hybridized carbons (Fsp3) is 0.407. The van der Waals surface area contributed by atoms with E-state index in [0.717, 1.165) is 28.8 Å². The second kappa shape index (κ2) is 12.1. The van der Waals surface area contributed by atoms with Crippen molar-refractivity contribution in [2.24, 2.45) is 0 Å². The molecule has 1 aromatic carbocycles.